The van der Waals surface area contributed by atoms with Crippen molar-refractivity contribution in [3.05, 3.63) is 63.9 Å². The Balaban J connectivity index is 1.45. The molecule has 6 heteroatoms. The molecule has 0 radical (unpaired) electrons. The fourth-order valence-electron chi connectivity index (χ4n) is 4.28. The summed E-state index contributed by atoms with van der Waals surface area (Å²) in [6.07, 6.45) is 4.17. The van der Waals surface area contributed by atoms with Crippen LogP contribution in [0.5, 0.6) is 0 Å². The predicted molar refractivity (Wildman–Crippen MR) is 115 cm³/mol. The Hall–Kier alpha value is -2.11. The second-order valence-corrected chi connectivity index (χ2v) is 8.41. The molecule has 0 saturated carbocycles. The first kappa shape index (κ1) is 20.2. The number of hydrogen-bond donors (Lipinski definition) is 2. The van der Waals surface area contributed by atoms with Crippen LogP contribution in [0.3, 0.4) is 0 Å². The van der Waals surface area contributed by atoms with E-state index in [1.165, 1.54) is 17.7 Å². The Bertz CT molecular complexity index is 882. The summed E-state index contributed by atoms with van der Waals surface area (Å²) in [5.41, 5.74) is 3.76. The molecule has 2 N–H and O–H groups in total. The molecule has 0 atom stereocenters. The normalized spacial score (nSPS) is 17.1. The quantitative estimate of drug-likeness (QED) is 0.770. The number of rotatable bonds is 5. The summed E-state index contributed by atoms with van der Waals surface area (Å²) >= 11 is 6.26. The lowest BCUT2D eigenvalue weighted by molar-refractivity contribution is 0.0944. The van der Waals surface area contributed by atoms with Gasteiger partial charge in [-0.05, 0) is 92.2 Å². The molecule has 4 rings (SSSR count). The molecule has 0 spiro atoms. The number of halogens is 2. The third-order valence-electron chi connectivity index (χ3n) is 5.94. The van der Waals surface area contributed by atoms with E-state index in [4.69, 9.17) is 11.6 Å². The number of nitrogens with zero attached hydrogens (tertiary/aromatic N) is 1. The lowest BCUT2D eigenvalue weighted by Crippen LogP contribution is -2.36. The summed E-state index contributed by atoms with van der Waals surface area (Å²) in [6, 6.07) is 10.4. The van der Waals surface area contributed by atoms with E-state index >= 15 is 0 Å². The smallest absolute Gasteiger partial charge is 0.251 e. The van der Waals surface area contributed by atoms with E-state index in [-0.39, 0.29) is 11.7 Å². The number of fused-ring (bicyclic) bond motifs is 1. The van der Waals surface area contributed by atoms with E-state index in [9.17, 15) is 9.18 Å². The molecule has 4 nitrogen and oxygen atoms in total. The fourth-order valence-corrected chi connectivity index (χ4v) is 4.45. The van der Waals surface area contributed by atoms with Crippen LogP contribution in [-0.4, -0.2) is 32.1 Å². The van der Waals surface area contributed by atoms with Gasteiger partial charge in [-0.1, -0.05) is 11.6 Å². The average molecular weight is 416 g/mol. The zero-order chi connectivity index (χ0) is 20.2. The minimum atomic E-state index is -0.276. The van der Waals surface area contributed by atoms with E-state index in [0.29, 0.717) is 23.0 Å². The zero-order valence-corrected chi connectivity index (χ0v) is 17.3. The first-order valence-electron chi connectivity index (χ1n) is 10.4. The van der Waals surface area contributed by atoms with Crippen LogP contribution in [0, 0.1) is 11.7 Å². The molecule has 2 aliphatic rings. The van der Waals surface area contributed by atoms with Crippen LogP contribution >= 0.6 is 11.6 Å². The lowest BCUT2D eigenvalue weighted by atomic mass is 9.97. The van der Waals surface area contributed by atoms with Crippen molar-refractivity contribution in [2.75, 3.05) is 31.1 Å². The molecule has 0 bridgehead atoms. The van der Waals surface area contributed by atoms with E-state index in [2.05, 4.69) is 15.5 Å². The van der Waals surface area contributed by atoms with Crippen LogP contribution in [-0.2, 0) is 13.0 Å². The molecular formula is C23H27ClFN3O. The van der Waals surface area contributed by atoms with Crippen LogP contribution < -0.4 is 15.5 Å². The van der Waals surface area contributed by atoms with Gasteiger partial charge in [-0.15, -0.1) is 0 Å². The highest BCUT2D eigenvalue weighted by atomic mass is 35.5. The molecule has 2 heterocycles. The van der Waals surface area contributed by atoms with Gasteiger partial charge in [0.05, 0.1) is 0 Å². The van der Waals surface area contributed by atoms with Crippen LogP contribution in [0.1, 0.15) is 40.7 Å². The molecule has 29 heavy (non-hydrogen) atoms. The molecule has 2 aromatic rings. The molecule has 0 unspecified atom stereocenters. The Morgan fingerprint density at radius 1 is 1.21 bits per heavy atom. The van der Waals surface area contributed by atoms with Gasteiger partial charge in [-0.3, -0.25) is 4.79 Å². The Kier molecular flexibility index (Phi) is 6.36. The van der Waals surface area contributed by atoms with Crippen molar-refractivity contribution in [1.29, 1.82) is 0 Å². The van der Waals surface area contributed by atoms with Crippen molar-refractivity contribution >= 4 is 23.2 Å². The maximum absolute atomic E-state index is 13.6. The van der Waals surface area contributed by atoms with Crippen molar-refractivity contribution in [3.8, 4) is 0 Å². The van der Waals surface area contributed by atoms with Gasteiger partial charge in [-0.2, -0.15) is 0 Å². The first-order chi connectivity index (χ1) is 14.1. The minimum Gasteiger partial charge on any atom is -0.367 e. The lowest BCUT2D eigenvalue weighted by Gasteiger charge is -2.32. The van der Waals surface area contributed by atoms with Gasteiger partial charge >= 0.3 is 0 Å². The SMILES string of the molecule is O=C(NCC1CCNCC1)c1ccc2c(c1)CCCN2Cc1cc(F)ccc1Cl. The van der Waals surface area contributed by atoms with Gasteiger partial charge in [0.15, 0.2) is 0 Å². The zero-order valence-electron chi connectivity index (χ0n) is 16.5. The first-order valence-corrected chi connectivity index (χ1v) is 10.8. The molecule has 2 aromatic carbocycles. The van der Waals surface area contributed by atoms with Gasteiger partial charge in [0.25, 0.3) is 5.91 Å². The van der Waals surface area contributed by atoms with Crippen molar-refractivity contribution in [2.24, 2.45) is 5.92 Å². The number of carbonyl (C=O) groups is 1. The van der Waals surface area contributed by atoms with E-state index in [0.717, 1.165) is 63.1 Å². The second-order valence-electron chi connectivity index (χ2n) is 8.01. The number of hydrogen-bond acceptors (Lipinski definition) is 3. The van der Waals surface area contributed by atoms with Gasteiger partial charge in [0, 0.05) is 35.9 Å². The minimum absolute atomic E-state index is 0.00312. The number of aryl methyl sites for hydroxylation is 1. The van der Waals surface area contributed by atoms with E-state index in [1.54, 1.807) is 6.07 Å². The molecule has 1 saturated heterocycles. The third kappa shape index (κ3) is 4.90. The van der Waals surface area contributed by atoms with Crippen molar-refractivity contribution in [2.45, 2.75) is 32.2 Å². The van der Waals surface area contributed by atoms with Crippen LogP contribution in [0.4, 0.5) is 10.1 Å². The molecule has 1 fully saturated rings. The summed E-state index contributed by atoms with van der Waals surface area (Å²) in [7, 11) is 0. The Labute approximate surface area is 176 Å². The molecule has 154 valence electrons. The number of nitrogens with one attached hydrogen (secondary N) is 2. The van der Waals surface area contributed by atoms with E-state index < -0.39 is 0 Å². The molecule has 0 aromatic heterocycles. The number of benzene rings is 2. The monoisotopic (exact) mass is 415 g/mol. The number of carbonyl (C=O) groups excluding carboxylic acids is 1. The van der Waals surface area contributed by atoms with Gasteiger partial charge in [0.2, 0.25) is 0 Å². The highest BCUT2D eigenvalue weighted by molar-refractivity contribution is 6.31. The summed E-state index contributed by atoms with van der Waals surface area (Å²) in [6.45, 7) is 4.25. The molecule has 1 amide bonds. The second kappa shape index (κ2) is 9.14. The van der Waals surface area contributed by atoms with Crippen molar-refractivity contribution in [1.82, 2.24) is 10.6 Å². The largest absolute Gasteiger partial charge is 0.367 e. The third-order valence-corrected chi connectivity index (χ3v) is 6.30. The Morgan fingerprint density at radius 2 is 2.03 bits per heavy atom. The van der Waals surface area contributed by atoms with Crippen molar-refractivity contribution < 1.29 is 9.18 Å². The van der Waals surface area contributed by atoms with E-state index in [1.807, 2.05) is 18.2 Å². The summed E-state index contributed by atoms with van der Waals surface area (Å²) in [5, 5.41) is 7.03. The fraction of sp³-hybridized carbons (Fsp3) is 0.435. The number of anilines is 1. The summed E-state index contributed by atoms with van der Waals surface area (Å²) < 4.78 is 13.6. The number of piperidine rings is 1. The Morgan fingerprint density at radius 3 is 2.86 bits per heavy atom. The topological polar surface area (TPSA) is 44.4 Å². The van der Waals surface area contributed by atoms with Gasteiger partial charge < -0.3 is 15.5 Å². The van der Waals surface area contributed by atoms with Crippen LogP contribution in [0.2, 0.25) is 5.02 Å². The summed E-state index contributed by atoms with van der Waals surface area (Å²) in [4.78, 5) is 14.8. The highest BCUT2D eigenvalue weighted by Crippen LogP contribution is 2.31. The van der Waals surface area contributed by atoms with Crippen LogP contribution in [0.25, 0.3) is 0 Å². The predicted octanol–water partition coefficient (Wildman–Crippen LogP) is 4.16. The molecular weight excluding hydrogens is 389 g/mol. The maximum Gasteiger partial charge on any atom is 0.251 e. The maximum atomic E-state index is 13.6. The highest BCUT2D eigenvalue weighted by Gasteiger charge is 2.20. The molecule has 2 aliphatic heterocycles. The number of amides is 1. The van der Waals surface area contributed by atoms with Gasteiger partial charge in [-0.25, -0.2) is 4.39 Å². The van der Waals surface area contributed by atoms with Crippen LogP contribution in [0.15, 0.2) is 36.4 Å². The molecule has 0 aliphatic carbocycles. The van der Waals surface area contributed by atoms with Crippen molar-refractivity contribution in [3.63, 3.8) is 0 Å². The van der Waals surface area contributed by atoms with Gasteiger partial charge in [0.1, 0.15) is 5.82 Å². The average Bonchev–Trinajstić information content (AvgIpc) is 2.75. The summed E-state index contributed by atoms with van der Waals surface area (Å²) in [5.74, 6) is 0.281. The standard InChI is InChI=1S/C23H27ClFN3O/c24-21-5-4-20(25)13-19(21)15-28-11-1-2-17-12-18(3-6-22(17)28)23(29)27-14-16-7-9-26-10-8-16/h3-6,12-13,16,26H,1-2,7-11,14-15H2,(H,27,29).